The van der Waals surface area contributed by atoms with Gasteiger partial charge in [-0.25, -0.2) is 14.8 Å². The van der Waals surface area contributed by atoms with Crippen molar-refractivity contribution >= 4 is 35.2 Å². The molecule has 8 heteroatoms. The molecule has 0 aliphatic rings. The highest BCUT2D eigenvalue weighted by molar-refractivity contribution is 7.98. The van der Waals surface area contributed by atoms with Gasteiger partial charge in [-0.15, -0.1) is 0 Å². The Morgan fingerprint density at radius 3 is 2.48 bits per heavy atom. The minimum absolute atomic E-state index is 0.0186. The van der Waals surface area contributed by atoms with E-state index in [1.54, 1.807) is 0 Å². The molecule has 1 atom stereocenters. The number of carbonyl (C=O) groups excluding carboxylic acids is 2. The van der Waals surface area contributed by atoms with E-state index in [-0.39, 0.29) is 17.1 Å². The van der Waals surface area contributed by atoms with Crippen molar-refractivity contribution in [2.75, 3.05) is 7.11 Å². The third-order valence-electron chi connectivity index (χ3n) is 4.50. The second-order valence-corrected chi connectivity index (χ2v) is 8.21. The van der Waals surface area contributed by atoms with Crippen molar-refractivity contribution in [3.63, 3.8) is 0 Å². The molecule has 0 aliphatic heterocycles. The predicted octanol–water partition coefficient (Wildman–Crippen LogP) is 4.24. The van der Waals surface area contributed by atoms with Crippen molar-refractivity contribution in [1.82, 2.24) is 15.3 Å². The fraction of sp³-hybridized carbons (Fsp3) is 0.217. The molecule has 3 rings (SSSR count). The molecule has 160 valence electrons. The normalized spacial score (nSPS) is 11.6. The molecule has 6 nitrogen and oxygen atoms in total. The summed E-state index contributed by atoms with van der Waals surface area (Å²) in [6.45, 7) is 2.03. The lowest BCUT2D eigenvalue weighted by Gasteiger charge is -2.17. The number of ether oxygens (including phenoxy) is 1. The lowest BCUT2D eigenvalue weighted by atomic mass is 10.1. The van der Waals surface area contributed by atoms with Crippen LogP contribution in [0.25, 0.3) is 0 Å². The van der Waals surface area contributed by atoms with Crippen LogP contribution in [0.3, 0.4) is 0 Å². The van der Waals surface area contributed by atoms with Gasteiger partial charge in [0.05, 0.1) is 18.3 Å². The van der Waals surface area contributed by atoms with Crippen molar-refractivity contribution in [1.29, 1.82) is 0 Å². The Kier molecular flexibility index (Phi) is 8.03. The van der Waals surface area contributed by atoms with Gasteiger partial charge in [-0.1, -0.05) is 83.5 Å². The first-order valence-electron chi connectivity index (χ1n) is 9.59. The molecular formula is C23H22ClN3O3S. The second kappa shape index (κ2) is 10.9. The molecule has 1 amide bonds. The predicted molar refractivity (Wildman–Crippen MR) is 121 cm³/mol. The number of methoxy groups -OCH3 is 1. The first-order valence-corrected chi connectivity index (χ1v) is 11.0. The summed E-state index contributed by atoms with van der Waals surface area (Å²) in [4.78, 5) is 33.6. The molecule has 0 bridgehead atoms. The Hall–Kier alpha value is -2.90. The number of carbonyl (C=O) groups is 2. The number of hydrogen-bond acceptors (Lipinski definition) is 6. The number of rotatable bonds is 8. The number of benzene rings is 2. The molecule has 2 aromatic carbocycles. The zero-order chi connectivity index (χ0) is 22.2. The molecule has 0 unspecified atom stereocenters. The summed E-state index contributed by atoms with van der Waals surface area (Å²) in [6, 6.07) is 16.6. The largest absolute Gasteiger partial charge is 0.467 e. The Morgan fingerprint density at radius 1 is 1.10 bits per heavy atom. The zero-order valence-corrected chi connectivity index (χ0v) is 18.7. The van der Waals surface area contributed by atoms with Gasteiger partial charge in [-0.3, -0.25) is 4.79 Å². The summed E-state index contributed by atoms with van der Waals surface area (Å²) in [5, 5.41) is 3.22. The van der Waals surface area contributed by atoms with E-state index in [1.165, 1.54) is 30.6 Å². The van der Waals surface area contributed by atoms with E-state index in [9.17, 15) is 9.59 Å². The van der Waals surface area contributed by atoms with E-state index in [1.807, 2.05) is 61.5 Å². The monoisotopic (exact) mass is 455 g/mol. The molecule has 0 radical (unpaired) electrons. The van der Waals surface area contributed by atoms with Crippen LogP contribution in [0.15, 0.2) is 66.0 Å². The molecule has 1 N–H and O–H groups in total. The van der Waals surface area contributed by atoms with Crippen LogP contribution < -0.4 is 5.32 Å². The number of halogens is 1. The number of hydrogen-bond donors (Lipinski definition) is 1. The minimum atomic E-state index is -0.866. The van der Waals surface area contributed by atoms with Crippen molar-refractivity contribution in [2.24, 2.45) is 0 Å². The maximum atomic E-state index is 12.8. The van der Waals surface area contributed by atoms with Gasteiger partial charge in [0, 0.05) is 12.2 Å². The molecule has 0 fully saturated rings. The van der Waals surface area contributed by atoms with Gasteiger partial charge in [-0.2, -0.15) is 0 Å². The Bertz CT molecular complexity index is 1050. The quantitative estimate of drug-likeness (QED) is 0.311. The van der Waals surface area contributed by atoms with E-state index in [2.05, 4.69) is 15.3 Å². The van der Waals surface area contributed by atoms with E-state index < -0.39 is 17.9 Å². The molecule has 0 aliphatic carbocycles. The molecule has 1 heterocycles. The number of nitrogens with one attached hydrogen (secondary N) is 1. The fourth-order valence-electron chi connectivity index (χ4n) is 2.82. The van der Waals surface area contributed by atoms with Crippen LogP contribution in [0.4, 0.5) is 0 Å². The van der Waals surface area contributed by atoms with Crippen molar-refractivity contribution in [2.45, 2.75) is 30.3 Å². The van der Waals surface area contributed by atoms with Crippen LogP contribution >= 0.6 is 23.4 Å². The molecule has 0 saturated carbocycles. The third-order valence-corrected chi connectivity index (χ3v) is 5.71. The summed E-state index contributed by atoms with van der Waals surface area (Å²) in [7, 11) is 1.28. The first-order chi connectivity index (χ1) is 15.0. The van der Waals surface area contributed by atoms with Gasteiger partial charge < -0.3 is 10.1 Å². The Labute approximate surface area is 190 Å². The number of aromatic nitrogens is 2. The summed E-state index contributed by atoms with van der Waals surface area (Å²) in [6.07, 6.45) is 1.68. The molecule has 0 spiro atoms. The lowest BCUT2D eigenvalue weighted by Crippen LogP contribution is -2.43. The summed E-state index contributed by atoms with van der Waals surface area (Å²) in [5.41, 5.74) is 3.21. The number of thioether (sulfide) groups is 1. The lowest BCUT2D eigenvalue weighted by molar-refractivity contribution is -0.142. The fourth-order valence-corrected chi connectivity index (χ4v) is 3.77. The zero-order valence-electron chi connectivity index (χ0n) is 17.2. The van der Waals surface area contributed by atoms with Crippen LogP contribution in [0.1, 0.15) is 27.2 Å². The Morgan fingerprint density at radius 2 is 1.81 bits per heavy atom. The van der Waals surface area contributed by atoms with Gasteiger partial charge in [0.25, 0.3) is 5.91 Å². The van der Waals surface area contributed by atoms with Gasteiger partial charge >= 0.3 is 5.97 Å². The van der Waals surface area contributed by atoms with Gasteiger partial charge in [0.1, 0.15) is 6.04 Å². The highest BCUT2D eigenvalue weighted by Gasteiger charge is 2.25. The summed E-state index contributed by atoms with van der Waals surface area (Å²) >= 11 is 7.57. The number of amides is 1. The van der Waals surface area contributed by atoms with Crippen LogP contribution in [-0.2, 0) is 21.7 Å². The minimum Gasteiger partial charge on any atom is -0.467 e. The van der Waals surface area contributed by atoms with Gasteiger partial charge in [0.15, 0.2) is 10.9 Å². The van der Waals surface area contributed by atoms with Gasteiger partial charge in [-0.05, 0) is 18.1 Å². The standard InChI is InChI=1S/C23H22ClN3O3S/c1-15-8-10-17(11-9-15)14-31-23-25-13-18(24)20(27-23)21(28)26-19(22(29)30-2)12-16-6-4-3-5-7-16/h3-11,13,19H,12,14H2,1-2H3,(H,26,28)/t19-/m1/s1. The highest BCUT2D eigenvalue weighted by atomic mass is 35.5. The van der Waals surface area contributed by atoms with Crippen molar-refractivity contribution < 1.29 is 14.3 Å². The van der Waals surface area contributed by atoms with Crippen LogP contribution in [-0.4, -0.2) is 35.0 Å². The summed E-state index contributed by atoms with van der Waals surface area (Å²) < 4.78 is 4.85. The average Bonchev–Trinajstić information content (AvgIpc) is 2.79. The maximum Gasteiger partial charge on any atom is 0.328 e. The van der Waals surface area contributed by atoms with E-state index in [4.69, 9.17) is 16.3 Å². The number of nitrogens with zero attached hydrogens (tertiary/aromatic N) is 2. The maximum absolute atomic E-state index is 12.8. The molecule has 3 aromatic rings. The molecular weight excluding hydrogens is 434 g/mol. The second-order valence-electron chi connectivity index (χ2n) is 6.86. The Balaban J connectivity index is 1.72. The molecule has 0 saturated heterocycles. The number of aryl methyl sites for hydroxylation is 1. The van der Waals surface area contributed by atoms with Gasteiger partial charge in [0.2, 0.25) is 0 Å². The van der Waals surface area contributed by atoms with Crippen molar-refractivity contribution in [3.05, 3.63) is 88.2 Å². The van der Waals surface area contributed by atoms with Crippen LogP contribution in [0, 0.1) is 6.92 Å². The van der Waals surface area contributed by atoms with Crippen LogP contribution in [0.2, 0.25) is 5.02 Å². The molecule has 1 aromatic heterocycles. The number of esters is 1. The first kappa shape index (κ1) is 22.8. The summed E-state index contributed by atoms with van der Waals surface area (Å²) in [5.74, 6) is -0.450. The average molecular weight is 456 g/mol. The highest BCUT2D eigenvalue weighted by Crippen LogP contribution is 2.22. The molecule has 31 heavy (non-hydrogen) atoms. The van der Waals surface area contributed by atoms with Crippen molar-refractivity contribution in [3.8, 4) is 0 Å². The SMILES string of the molecule is COC(=O)[C@@H](Cc1ccccc1)NC(=O)c1nc(SCc2ccc(C)cc2)ncc1Cl. The smallest absolute Gasteiger partial charge is 0.328 e. The third kappa shape index (κ3) is 6.54. The van der Waals surface area contributed by atoms with E-state index >= 15 is 0 Å². The van der Waals surface area contributed by atoms with E-state index in [0.29, 0.717) is 10.9 Å². The topological polar surface area (TPSA) is 81.2 Å². The van der Waals surface area contributed by atoms with Crippen LogP contribution in [0.5, 0.6) is 0 Å². The van der Waals surface area contributed by atoms with E-state index in [0.717, 1.165) is 11.1 Å².